The molecule has 37 heavy (non-hydrogen) atoms. The molecule has 224 valence electrons. The zero-order valence-electron chi connectivity index (χ0n) is 24.7. The first kappa shape index (κ1) is 37.3. The Morgan fingerprint density at radius 1 is 0.757 bits per heavy atom. The van der Waals surface area contributed by atoms with Crippen LogP contribution in [-0.2, 0) is 18.3 Å². The first-order valence-corrected chi connectivity index (χ1v) is 17.6. The molecule has 0 rings (SSSR count). The molecule has 2 unspecified atom stereocenters. The molecule has 0 amide bonds. The first-order chi connectivity index (χ1) is 17.7. The van der Waals surface area contributed by atoms with Crippen molar-refractivity contribution >= 4 is 19.6 Å². The number of phosphoric ester groups is 1. The first-order valence-electron chi connectivity index (χ1n) is 14.9. The van der Waals surface area contributed by atoms with Crippen LogP contribution in [0.2, 0.25) is 0 Å². The molecular weight excluding hydrogens is 509 g/mol. The van der Waals surface area contributed by atoms with E-state index in [9.17, 15) is 9.46 Å². The van der Waals surface area contributed by atoms with Crippen LogP contribution in [0.1, 0.15) is 110 Å². The summed E-state index contributed by atoms with van der Waals surface area (Å²) in [5.41, 5.74) is 0. The molecule has 2 atom stereocenters. The summed E-state index contributed by atoms with van der Waals surface area (Å²) in [6.45, 7) is 4.03. The highest BCUT2D eigenvalue weighted by atomic mass is 32.2. The zero-order valence-corrected chi connectivity index (χ0v) is 26.4. The van der Waals surface area contributed by atoms with Gasteiger partial charge in [-0.3, -0.25) is 9.05 Å². The van der Waals surface area contributed by atoms with E-state index >= 15 is 0 Å². The third kappa shape index (κ3) is 29.2. The number of phosphoric acid groups is 1. The fraction of sp³-hybridized carbons (Fsp3) is 1.00. The van der Waals surface area contributed by atoms with Gasteiger partial charge in [0, 0.05) is 19.0 Å². The molecule has 0 aromatic heterocycles. The normalized spacial score (nSPS) is 14.6. The number of unbranched alkanes of at least 4 members (excludes halogenated alkanes) is 14. The lowest BCUT2D eigenvalue weighted by Crippen LogP contribution is -2.37. The molecule has 0 radical (unpaired) electrons. The van der Waals surface area contributed by atoms with Gasteiger partial charge in [0.05, 0.1) is 33.9 Å². The van der Waals surface area contributed by atoms with Crippen molar-refractivity contribution in [3.8, 4) is 0 Å². The molecule has 0 aliphatic rings. The Kier molecular flexibility index (Phi) is 25.5. The summed E-state index contributed by atoms with van der Waals surface area (Å²) in [7, 11) is 1.94. The number of aliphatic hydroxyl groups excluding tert-OH is 1. The Morgan fingerprint density at radius 3 is 1.86 bits per heavy atom. The summed E-state index contributed by atoms with van der Waals surface area (Å²) < 4.78 is 29.5. The van der Waals surface area contributed by atoms with Crippen molar-refractivity contribution < 1.29 is 32.8 Å². The van der Waals surface area contributed by atoms with Crippen molar-refractivity contribution in [2.45, 2.75) is 116 Å². The maximum Gasteiger partial charge on any atom is 0.472 e. The minimum absolute atomic E-state index is 0.0691. The standard InChI is InChI=1S/C28H60NO6PS/c1-5-6-7-8-9-10-11-14-17-20-25-37-27-28(33-23-19-16-13-12-15-18-22-30)26-35-36(31,32)34-24-21-29(2,3)4/h28,30H,5-27H2,1-4H3/p+1. The highest BCUT2D eigenvalue weighted by Gasteiger charge is 2.25. The van der Waals surface area contributed by atoms with Crippen molar-refractivity contribution in [3.05, 3.63) is 0 Å². The maximum absolute atomic E-state index is 12.3. The van der Waals surface area contributed by atoms with Crippen molar-refractivity contribution in [1.82, 2.24) is 0 Å². The predicted octanol–water partition coefficient (Wildman–Crippen LogP) is 7.20. The van der Waals surface area contributed by atoms with Gasteiger partial charge in [0.25, 0.3) is 0 Å². The molecule has 0 aliphatic heterocycles. The quantitative estimate of drug-likeness (QED) is 0.0559. The number of nitrogens with zero attached hydrogens (tertiary/aromatic N) is 1. The Labute approximate surface area is 233 Å². The number of thioether (sulfide) groups is 1. The third-order valence-corrected chi connectivity index (χ3v) is 8.46. The van der Waals surface area contributed by atoms with Crippen LogP contribution >= 0.6 is 19.6 Å². The van der Waals surface area contributed by atoms with Crippen LogP contribution in [-0.4, -0.2) is 86.2 Å². The Hall–Kier alpha value is 0.340. The molecule has 0 heterocycles. The largest absolute Gasteiger partial charge is 0.472 e. The Bertz CT molecular complexity index is 535. The smallest absolute Gasteiger partial charge is 0.396 e. The molecule has 0 aliphatic carbocycles. The summed E-state index contributed by atoms with van der Waals surface area (Å²) in [4.78, 5) is 10.1. The molecule has 0 fully saturated rings. The van der Waals surface area contributed by atoms with E-state index in [-0.39, 0.29) is 25.9 Å². The molecule has 0 bridgehead atoms. The van der Waals surface area contributed by atoms with Crippen molar-refractivity contribution in [1.29, 1.82) is 0 Å². The van der Waals surface area contributed by atoms with Gasteiger partial charge in [0.2, 0.25) is 0 Å². The zero-order chi connectivity index (χ0) is 27.7. The van der Waals surface area contributed by atoms with Crippen LogP contribution in [0.25, 0.3) is 0 Å². The van der Waals surface area contributed by atoms with Gasteiger partial charge in [-0.05, 0) is 25.0 Å². The lowest BCUT2D eigenvalue weighted by molar-refractivity contribution is -0.870. The summed E-state index contributed by atoms with van der Waals surface area (Å²) in [6, 6.07) is 0. The van der Waals surface area contributed by atoms with Gasteiger partial charge in [-0.1, -0.05) is 90.4 Å². The van der Waals surface area contributed by atoms with Gasteiger partial charge in [0.1, 0.15) is 13.2 Å². The van der Waals surface area contributed by atoms with E-state index in [0.717, 1.165) is 50.0 Å². The van der Waals surface area contributed by atoms with Gasteiger partial charge in [0.15, 0.2) is 0 Å². The van der Waals surface area contributed by atoms with E-state index in [1.807, 2.05) is 32.9 Å². The molecule has 0 aromatic rings. The second-order valence-electron chi connectivity index (χ2n) is 11.2. The van der Waals surface area contributed by atoms with E-state index in [4.69, 9.17) is 18.9 Å². The average molecular weight is 571 g/mol. The van der Waals surface area contributed by atoms with Gasteiger partial charge in [-0.2, -0.15) is 11.8 Å². The van der Waals surface area contributed by atoms with Crippen LogP contribution in [0.15, 0.2) is 0 Å². The lowest BCUT2D eigenvalue weighted by atomic mass is 10.1. The van der Waals surface area contributed by atoms with Crippen molar-refractivity contribution in [3.63, 3.8) is 0 Å². The van der Waals surface area contributed by atoms with E-state index in [0.29, 0.717) is 17.6 Å². The summed E-state index contributed by atoms with van der Waals surface area (Å²) in [5, 5.41) is 8.86. The fourth-order valence-corrected chi connectivity index (χ4v) is 5.64. The van der Waals surface area contributed by atoms with Crippen LogP contribution in [0.4, 0.5) is 0 Å². The molecule has 0 saturated carbocycles. The van der Waals surface area contributed by atoms with Gasteiger partial charge >= 0.3 is 7.82 Å². The Morgan fingerprint density at radius 2 is 1.30 bits per heavy atom. The SMILES string of the molecule is CCCCCCCCCCCCSCC(COP(=O)(O)OCC[N+](C)(C)C)OCCCCCCCCO. The average Bonchev–Trinajstić information content (AvgIpc) is 2.83. The van der Waals surface area contributed by atoms with Crippen molar-refractivity contribution in [2.24, 2.45) is 0 Å². The topological polar surface area (TPSA) is 85.2 Å². The van der Waals surface area contributed by atoms with E-state index in [2.05, 4.69) is 6.92 Å². The molecule has 9 heteroatoms. The minimum Gasteiger partial charge on any atom is -0.396 e. The highest BCUT2D eigenvalue weighted by molar-refractivity contribution is 7.99. The third-order valence-electron chi connectivity index (χ3n) is 6.29. The molecule has 0 spiro atoms. The Balaban J connectivity index is 4.17. The lowest BCUT2D eigenvalue weighted by Gasteiger charge is -2.24. The number of likely N-dealkylation sites (N-methyl/N-ethyl adjacent to an activating group) is 1. The van der Waals surface area contributed by atoms with E-state index < -0.39 is 7.82 Å². The van der Waals surface area contributed by atoms with Crippen LogP contribution < -0.4 is 0 Å². The monoisotopic (exact) mass is 570 g/mol. The molecule has 0 saturated heterocycles. The van der Waals surface area contributed by atoms with Crippen molar-refractivity contribution in [2.75, 3.05) is 65.6 Å². The van der Waals surface area contributed by atoms with Gasteiger partial charge in [-0.25, -0.2) is 4.57 Å². The summed E-state index contributed by atoms with van der Waals surface area (Å²) in [6.07, 6.45) is 19.4. The van der Waals surface area contributed by atoms with Gasteiger partial charge in [-0.15, -0.1) is 0 Å². The molecule has 7 nitrogen and oxygen atoms in total. The molecular formula is C28H61NO6PS+. The number of hydrogen-bond donors (Lipinski definition) is 2. The molecule has 0 aromatic carbocycles. The number of rotatable bonds is 29. The van der Waals surface area contributed by atoms with E-state index in [1.54, 1.807) is 0 Å². The number of quaternary nitrogens is 1. The van der Waals surface area contributed by atoms with Crippen LogP contribution in [0.3, 0.4) is 0 Å². The number of ether oxygens (including phenoxy) is 1. The number of hydrogen-bond acceptors (Lipinski definition) is 6. The molecule has 2 N–H and O–H groups in total. The van der Waals surface area contributed by atoms with Crippen LogP contribution in [0.5, 0.6) is 0 Å². The van der Waals surface area contributed by atoms with Crippen LogP contribution in [0, 0.1) is 0 Å². The predicted molar refractivity (Wildman–Crippen MR) is 158 cm³/mol. The maximum atomic E-state index is 12.3. The minimum atomic E-state index is -4.08. The fourth-order valence-electron chi connectivity index (χ4n) is 3.87. The van der Waals surface area contributed by atoms with E-state index in [1.165, 1.54) is 64.2 Å². The second kappa shape index (κ2) is 25.3. The summed E-state index contributed by atoms with van der Waals surface area (Å²) >= 11 is 1.84. The second-order valence-corrected chi connectivity index (χ2v) is 13.8. The highest BCUT2D eigenvalue weighted by Crippen LogP contribution is 2.43. The summed E-state index contributed by atoms with van der Waals surface area (Å²) in [5.74, 6) is 1.84. The number of aliphatic hydroxyl groups is 1. The van der Waals surface area contributed by atoms with Gasteiger partial charge < -0.3 is 19.2 Å².